The highest BCUT2D eigenvalue weighted by Gasteiger charge is 2.67. The summed E-state index contributed by atoms with van der Waals surface area (Å²) in [6.45, 7) is 10.5. The van der Waals surface area contributed by atoms with E-state index in [9.17, 15) is 10.4 Å². The van der Waals surface area contributed by atoms with Crippen molar-refractivity contribution in [1.82, 2.24) is 5.48 Å². The minimum absolute atomic E-state index is 0.193. The fraction of sp³-hybridized carbons (Fsp3) is 0.609. The summed E-state index contributed by atoms with van der Waals surface area (Å²) in [6.07, 6.45) is -0.119. The molecule has 4 unspecified atom stereocenters. The monoisotopic (exact) mass is 446 g/mol. The zero-order valence-corrected chi connectivity index (χ0v) is 20.4. The molecule has 170 valence electrons. The molecule has 1 saturated heterocycles. The van der Waals surface area contributed by atoms with Crippen molar-refractivity contribution < 1.29 is 23.8 Å². The van der Waals surface area contributed by atoms with Crippen LogP contribution in [0.1, 0.15) is 39.2 Å². The Morgan fingerprint density at radius 1 is 1.29 bits per heavy atom. The molecule has 2 N–H and O–H groups in total. The molecular formula is C23H34N2O5Si. The third-order valence-corrected chi connectivity index (χ3v) is 6.85. The standard InChI is InChI=1S/C23H34N2O5Si/c1-21(2,3)18-13-22(26,30-31(5)6)23(25-28-15-16-10-8-7-9-11-16)19(27-4)12-17(14-24)20(18)29-23/h7-11,18-19,25-26,31H,12-13,15H2,1-6H3. The fourth-order valence-electron chi connectivity index (χ4n) is 4.41. The maximum atomic E-state index is 12.0. The van der Waals surface area contributed by atoms with E-state index in [1.54, 1.807) is 0 Å². The topological polar surface area (TPSA) is 93.0 Å². The van der Waals surface area contributed by atoms with Gasteiger partial charge in [-0.15, -0.1) is 0 Å². The number of hydrogen-bond donors (Lipinski definition) is 2. The van der Waals surface area contributed by atoms with Gasteiger partial charge in [0.15, 0.2) is 9.04 Å². The zero-order chi connectivity index (χ0) is 22.9. The van der Waals surface area contributed by atoms with Crippen molar-refractivity contribution in [2.75, 3.05) is 7.11 Å². The predicted molar refractivity (Wildman–Crippen MR) is 119 cm³/mol. The molecule has 2 heterocycles. The summed E-state index contributed by atoms with van der Waals surface area (Å²) in [5.41, 5.74) is 2.75. The molecule has 2 aliphatic heterocycles. The second kappa shape index (κ2) is 9.02. The number of ether oxygens (including phenoxy) is 2. The Hall–Kier alpha value is -1.73. The van der Waals surface area contributed by atoms with Crippen molar-refractivity contribution in [3.05, 3.63) is 47.2 Å². The highest BCUT2D eigenvalue weighted by molar-refractivity contribution is 6.48. The van der Waals surface area contributed by atoms with Gasteiger partial charge < -0.3 is 19.0 Å². The van der Waals surface area contributed by atoms with Gasteiger partial charge in [-0.2, -0.15) is 10.7 Å². The van der Waals surface area contributed by atoms with Crippen LogP contribution >= 0.6 is 0 Å². The summed E-state index contributed by atoms with van der Waals surface area (Å²) in [5.74, 6) is -1.30. The first-order valence-electron chi connectivity index (χ1n) is 10.7. The molecule has 0 saturated carbocycles. The molecule has 0 spiro atoms. The predicted octanol–water partition coefficient (Wildman–Crippen LogP) is 3.37. The number of nitrogens with one attached hydrogen (secondary N) is 1. The molecule has 0 aromatic heterocycles. The number of nitriles is 1. The van der Waals surface area contributed by atoms with Gasteiger partial charge in [-0.1, -0.05) is 51.1 Å². The van der Waals surface area contributed by atoms with E-state index in [0.29, 0.717) is 17.8 Å². The van der Waals surface area contributed by atoms with Crippen LogP contribution in [0.25, 0.3) is 0 Å². The lowest BCUT2D eigenvalue weighted by Gasteiger charge is -2.58. The summed E-state index contributed by atoms with van der Waals surface area (Å²) in [7, 11) is -0.162. The number of nitrogens with zero attached hydrogens (tertiary/aromatic N) is 1. The Balaban J connectivity index is 2.03. The molecule has 0 amide bonds. The van der Waals surface area contributed by atoms with Gasteiger partial charge in [0.1, 0.15) is 11.9 Å². The van der Waals surface area contributed by atoms with E-state index in [1.165, 1.54) is 7.11 Å². The summed E-state index contributed by atoms with van der Waals surface area (Å²) < 4.78 is 18.4. The quantitative estimate of drug-likeness (QED) is 0.377. The summed E-state index contributed by atoms with van der Waals surface area (Å²) in [6, 6.07) is 12.0. The van der Waals surface area contributed by atoms with Gasteiger partial charge in [0.25, 0.3) is 5.72 Å². The Morgan fingerprint density at radius 2 is 1.97 bits per heavy atom. The lowest BCUT2D eigenvalue weighted by molar-refractivity contribution is -0.372. The number of methoxy groups -OCH3 is 1. The normalized spacial score (nSPS) is 30.8. The average Bonchev–Trinajstić information content (AvgIpc) is 2.70. The van der Waals surface area contributed by atoms with E-state index < -0.39 is 26.7 Å². The van der Waals surface area contributed by atoms with E-state index in [1.807, 2.05) is 43.4 Å². The number of hydroxylamine groups is 1. The van der Waals surface area contributed by atoms with Crippen molar-refractivity contribution in [3.63, 3.8) is 0 Å². The van der Waals surface area contributed by atoms with E-state index in [-0.39, 0.29) is 24.4 Å². The Labute approximate surface area is 186 Å². The average molecular weight is 447 g/mol. The van der Waals surface area contributed by atoms with Gasteiger partial charge in [-0.25, -0.2) is 0 Å². The van der Waals surface area contributed by atoms with Gasteiger partial charge in [0, 0.05) is 25.9 Å². The number of allylic oxidation sites excluding steroid dienone is 1. The number of aliphatic hydroxyl groups is 1. The SMILES string of the molecule is COC1CC(C#N)=C2OC1(NOCc1ccccc1)C(O)(O[SiH](C)C)CC2C(C)(C)C. The number of rotatable bonds is 7. The number of benzene rings is 1. The van der Waals surface area contributed by atoms with Crippen molar-refractivity contribution in [3.8, 4) is 6.07 Å². The van der Waals surface area contributed by atoms with Gasteiger partial charge in [-0.3, -0.25) is 4.84 Å². The van der Waals surface area contributed by atoms with Crippen molar-refractivity contribution in [2.45, 2.75) is 70.9 Å². The van der Waals surface area contributed by atoms with E-state index in [0.717, 1.165) is 5.56 Å². The molecule has 3 rings (SSSR count). The Morgan fingerprint density at radius 3 is 2.52 bits per heavy atom. The molecular weight excluding hydrogens is 412 g/mol. The molecule has 0 radical (unpaired) electrons. The van der Waals surface area contributed by atoms with E-state index >= 15 is 0 Å². The van der Waals surface area contributed by atoms with Crippen LogP contribution in [-0.2, 0) is 25.3 Å². The fourth-order valence-corrected chi connectivity index (χ4v) is 5.46. The van der Waals surface area contributed by atoms with Gasteiger partial charge in [0.05, 0.1) is 18.2 Å². The van der Waals surface area contributed by atoms with Crippen molar-refractivity contribution >= 4 is 9.04 Å². The highest BCUT2D eigenvalue weighted by atomic mass is 28.3. The van der Waals surface area contributed by atoms with Gasteiger partial charge >= 0.3 is 0 Å². The third-order valence-electron chi connectivity index (χ3n) is 5.99. The van der Waals surface area contributed by atoms with Crippen molar-refractivity contribution in [1.29, 1.82) is 5.26 Å². The Bertz CT molecular complexity index is 848. The first-order valence-corrected chi connectivity index (χ1v) is 13.5. The second-order valence-corrected chi connectivity index (χ2v) is 12.0. The molecule has 31 heavy (non-hydrogen) atoms. The smallest absolute Gasteiger partial charge is 0.260 e. The van der Waals surface area contributed by atoms with Crippen LogP contribution in [0.5, 0.6) is 0 Å². The minimum atomic E-state index is -1.70. The first kappa shape index (κ1) is 23.9. The van der Waals surface area contributed by atoms with Gasteiger partial charge in [0.2, 0.25) is 5.79 Å². The third kappa shape index (κ3) is 4.58. The molecule has 0 aliphatic carbocycles. The number of fused-ring (bicyclic) bond motifs is 2. The van der Waals surface area contributed by atoms with Crippen molar-refractivity contribution in [2.24, 2.45) is 11.3 Å². The minimum Gasteiger partial charge on any atom is -0.465 e. The van der Waals surface area contributed by atoms with Crippen LogP contribution in [0.4, 0.5) is 0 Å². The van der Waals surface area contributed by atoms with Crippen LogP contribution < -0.4 is 5.48 Å². The number of hydrogen-bond acceptors (Lipinski definition) is 7. The van der Waals surface area contributed by atoms with Crippen LogP contribution in [-0.4, -0.2) is 38.9 Å². The molecule has 4 atom stereocenters. The molecule has 2 bridgehead atoms. The maximum absolute atomic E-state index is 12.0. The summed E-state index contributed by atoms with van der Waals surface area (Å²) >= 11 is 0. The lowest BCUT2D eigenvalue weighted by Crippen LogP contribution is -2.76. The zero-order valence-electron chi connectivity index (χ0n) is 19.3. The van der Waals surface area contributed by atoms with E-state index in [2.05, 4.69) is 32.3 Å². The lowest BCUT2D eigenvalue weighted by atomic mass is 9.68. The summed E-state index contributed by atoms with van der Waals surface area (Å²) in [4.78, 5) is 5.85. The van der Waals surface area contributed by atoms with Crippen LogP contribution in [0.2, 0.25) is 13.1 Å². The summed E-state index contributed by atoms with van der Waals surface area (Å²) in [5, 5.41) is 21.8. The second-order valence-electron chi connectivity index (χ2n) is 9.67. The first-order chi connectivity index (χ1) is 14.6. The van der Waals surface area contributed by atoms with Crippen LogP contribution in [0.15, 0.2) is 41.7 Å². The molecule has 2 aliphatic rings. The van der Waals surface area contributed by atoms with Crippen LogP contribution in [0.3, 0.4) is 0 Å². The van der Waals surface area contributed by atoms with Crippen LogP contribution in [0, 0.1) is 22.7 Å². The maximum Gasteiger partial charge on any atom is 0.260 e. The molecule has 7 nitrogen and oxygen atoms in total. The molecule has 1 aromatic rings. The molecule has 1 fully saturated rings. The Kier molecular flexibility index (Phi) is 6.96. The molecule has 1 aromatic carbocycles. The largest absolute Gasteiger partial charge is 0.465 e. The van der Waals surface area contributed by atoms with E-state index in [4.69, 9.17) is 18.7 Å². The molecule has 8 heteroatoms. The van der Waals surface area contributed by atoms with Gasteiger partial charge in [-0.05, 0) is 24.1 Å². The highest BCUT2D eigenvalue weighted by Crippen LogP contribution is 2.54.